The van der Waals surface area contributed by atoms with E-state index in [4.69, 9.17) is 0 Å². The Kier molecular flexibility index (Phi) is 5.90. The Labute approximate surface area is 196 Å². The molecular weight excluding hydrogens is 400 g/mol. The summed E-state index contributed by atoms with van der Waals surface area (Å²) in [6.07, 6.45) is 0. The normalized spacial score (nSPS) is 18.8. The monoisotopic (exact) mass is 435 g/mol. The van der Waals surface area contributed by atoms with Crippen LogP contribution in [-0.2, 0) is 0 Å². The lowest BCUT2D eigenvalue weighted by Gasteiger charge is -2.40. The SMILES string of the molecule is CC1=C(C)C(C)([Si](c2cccc(C)c2C)c2cccc(C)c2C)C(c2ccccc2)=C1C. The van der Waals surface area contributed by atoms with E-state index in [9.17, 15) is 0 Å². The van der Waals surface area contributed by atoms with Crippen molar-refractivity contribution in [1.82, 2.24) is 0 Å². The van der Waals surface area contributed by atoms with Crippen molar-refractivity contribution in [2.75, 3.05) is 0 Å². The van der Waals surface area contributed by atoms with Crippen molar-refractivity contribution in [3.8, 4) is 0 Å². The van der Waals surface area contributed by atoms with Crippen LogP contribution in [0.4, 0.5) is 0 Å². The highest BCUT2D eigenvalue weighted by Crippen LogP contribution is 2.58. The maximum Gasteiger partial charge on any atom is 0.136 e. The highest BCUT2D eigenvalue weighted by Gasteiger charge is 2.48. The highest BCUT2D eigenvalue weighted by molar-refractivity contribution is 6.90. The Morgan fingerprint density at radius 1 is 0.562 bits per heavy atom. The minimum Gasteiger partial charge on any atom is -0.0625 e. The van der Waals surface area contributed by atoms with Crippen LogP contribution in [0.2, 0.25) is 5.04 Å². The standard InChI is InChI=1S/C31H35Si/c1-20-14-12-18-28(22(20)3)32(29-19-13-15-21(2)23(29)4)31(8)26(7)24(5)25(6)30(31)27-16-10-9-11-17-27/h9-19H,1-8H3. The van der Waals surface area contributed by atoms with Crippen LogP contribution in [0.3, 0.4) is 0 Å². The van der Waals surface area contributed by atoms with Gasteiger partial charge in [-0.3, -0.25) is 0 Å². The minimum atomic E-state index is -1.21. The van der Waals surface area contributed by atoms with E-state index in [1.165, 1.54) is 50.1 Å². The molecule has 0 saturated carbocycles. The molecule has 0 aromatic heterocycles. The summed E-state index contributed by atoms with van der Waals surface area (Å²) in [6, 6.07) is 24.9. The second-order valence-electron chi connectivity index (χ2n) is 9.61. The van der Waals surface area contributed by atoms with E-state index in [0.29, 0.717) is 0 Å². The van der Waals surface area contributed by atoms with Gasteiger partial charge in [-0.2, -0.15) is 0 Å². The zero-order valence-corrected chi connectivity index (χ0v) is 21.9. The van der Waals surface area contributed by atoms with Crippen molar-refractivity contribution < 1.29 is 0 Å². The summed E-state index contributed by atoms with van der Waals surface area (Å²) in [6.45, 7) is 18.7. The zero-order chi connectivity index (χ0) is 23.2. The van der Waals surface area contributed by atoms with Crippen molar-refractivity contribution in [3.05, 3.63) is 111 Å². The molecule has 1 radical (unpaired) electrons. The van der Waals surface area contributed by atoms with Gasteiger partial charge < -0.3 is 0 Å². The quantitative estimate of drug-likeness (QED) is 0.383. The van der Waals surface area contributed by atoms with Gasteiger partial charge in [-0.25, -0.2) is 0 Å². The second kappa shape index (κ2) is 8.37. The molecule has 32 heavy (non-hydrogen) atoms. The summed E-state index contributed by atoms with van der Waals surface area (Å²) in [4.78, 5) is 0. The molecule has 0 amide bonds. The van der Waals surface area contributed by atoms with Crippen LogP contribution in [0, 0.1) is 27.7 Å². The third kappa shape index (κ3) is 3.35. The van der Waals surface area contributed by atoms with Gasteiger partial charge in [0.25, 0.3) is 0 Å². The van der Waals surface area contributed by atoms with Crippen molar-refractivity contribution >= 4 is 24.7 Å². The van der Waals surface area contributed by atoms with Crippen molar-refractivity contribution in [1.29, 1.82) is 0 Å². The molecule has 4 rings (SSSR count). The van der Waals surface area contributed by atoms with Crippen LogP contribution in [0.1, 0.15) is 55.5 Å². The molecule has 1 aliphatic rings. The average molecular weight is 436 g/mol. The first-order valence-electron chi connectivity index (χ1n) is 11.6. The first-order valence-corrected chi connectivity index (χ1v) is 13.1. The van der Waals surface area contributed by atoms with Crippen LogP contribution in [0.25, 0.3) is 5.57 Å². The molecular formula is C31H35Si. The van der Waals surface area contributed by atoms with Crippen molar-refractivity contribution in [2.45, 2.75) is 60.4 Å². The number of allylic oxidation sites excluding steroid dienone is 4. The Balaban J connectivity index is 2.11. The first-order chi connectivity index (χ1) is 15.2. The van der Waals surface area contributed by atoms with E-state index in [-0.39, 0.29) is 5.04 Å². The molecule has 0 spiro atoms. The van der Waals surface area contributed by atoms with Gasteiger partial charge in [-0.15, -0.1) is 0 Å². The molecule has 0 saturated heterocycles. The van der Waals surface area contributed by atoms with Crippen molar-refractivity contribution in [2.24, 2.45) is 0 Å². The Morgan fingerprint density at radius 2 is 1.06 bits per heavy atom. The molecule has 1 heteroatoms. The second-order valence-corrected chi connectivity index (χ2v) is 12.4. The minimum absolute atomic E-state index is 0.0305. The van der Waals surface area contributed by atoms with Gasteiger partial charge in [0, 0.05) is 5.04 Å². The fraction of sp³-hybridized carbons (Fsp3) is 0.290. The van der Waals surface area contributed by atoms with E-state index in [1.807, 2.05) is 0 Å². The van der Waals surface area contributed by atoms with E-state index in [0.717, 1.165) is 0 Å². The number of aryl methyl sites for hydroxylation is 2. The highest BCUT2D eigenvalue weighted by atomic mass is 28.3. The predicted octanol–water partition coefficient (Wildman–Crippen LogP) is 7.11. The molecule has 0 bridgehead atoms. The zero-order valence-electron chi connectivity index (χ0n) is 20.9. The molecule has 1 atom stereocenters. The number of hydrogen-bond acceptors (Lipinski definition) is 0. The van der Waals surface area contributed by atoms with E-state index >= 15 is 0 Å². The molecule has 0 N–H and O–H groups in total. The molecule has 0 aliphatic heterocycles. The molecule has 0 nitrogen and oxygen atoms in total. The fourth-order valence-corrected chi connectivity index (χ4v) is 9.74. The lowest BCUT2D eigenvalue weighted by Crippen LogP contribution is -2.53. The number of hydrogen-bond donors (Lipinski definition) is 0. The average Bonchev–Trinajstić information content (AvgIpc) is 2.95. The van der Waals surface area contributed by atoms with Gasteiger partial charge in [0.05, 0.1) is 0 Å². The lowest BCUT2D eigenvalue weighted by molar-refractivity contribution is 0.900. The summed E-state index contributed by atoms with van der Waals surface area (Å²) in [5.41, 5.74) is 13.0. The van der Waals surface area contributed by atoms with Crippen LogP contribution in [-0.4, -0.2) is 8.80 Å². The van der Waals surface area contributed by atoms with E-state index < -0.39 is 8.80 Å². The maximum absolute atomic E-state index is 2.53. The summed E-state index contributed by atoms with van der Waals surface area (Å²) >= 11 is 0. The molecule has 1 aliphatic carbocycles. The topological polar surface area (TPSA) is 0 Å². The third-order valence-corrected chi connectivity index (χ3v) is 11.8. The van der Waals surface area contributed by atoms with Gasteiger partial charge in [0.15, 0.2) is 0 Å². The van der Waals surface area contributed by atoms with E-state index in [2.05, 4.69) is 122 Å². The summed E-state index contributed by atoms with van der Waals surface area (Å²) in [5, 5.41) is 3.06. The molecule has 1 unspecified atom stereocenters. The Bertz CT molecular complexity index is 1190. The van der Waals surface area contributed by atoms with Gasteiger partial charge in [0.1, 0.15) is 8.80 Å². The molecule has 163 valence electrons. The molecule has 0 heterocycles. The van der Waals surface area contributed by atoms with Crippen LogP contribution >= 0.6 is 0 Å². The van der Waals surface area contributed by atoms with Gasteiger partial charge in [0.2, 0.25) is 0 Å². The third-order valence-electron chi connectivity index (χ3n) is 8.06. The first kappa shape index (κ1) is 22.5. The van der Waals surface area contributed by atoms with E-state index in [1.54, 1.807) is 10.4 Å². The fourth-order valence-electron chi connectivity index (χ4n) is 5.56. The Morgan fingerprint density at radius 3 is 1.56 bits per heavy atom. The summed E-state index contributed by atoms with van der Waals surface area (Å²) in [5.74, 6) is 0. The largest absolute Gasteiger partial charge is 0.136 e. The summed E-state index contributed by atoms with van der Waals surface area (Å²) < 4.78 is 0. The van der Waals surface area contributed by atoms with Crippen LogP contribution < -0.4 is 10.4 Å². The maximum atomic E-state index is 2.53. The molecule has 3 aromatic carbocycles. The van der Waals surface area contributed by atoms with Gasteiger partial charge in [-0.1, -0.05) is 89.6 Å². The van der Waals surface area contributed by atoms with Gasteiger partial charge >= 0.3 is 0 Å². The molecule has 0 fully saturated rings. The van der Waals surface area contributed by atoms with Gasteiger partial charge in [-0.05, 0) is 93.0 Å². The van der Waals surface area contributed by atoms with Crippen molar-refractivity contribution in [3.63, 3.8) is 0 Å². The summed E-state index contributed by atoms with van der Waals surface area (Å²) in [7, 11) is -1.21. The molecule has 3 aromatic rings. The predicted molar refractivity (Wildman–Crippen MR) is 143 cm³/mol. The number of rotatable bonds is 4. The Hall–Kier alpha value is -2.64. The number of benzene rings is 3. The smallest absolute Gasteiger partial charge is 0.0625 e. The van der Waals surface area contributed by atoms with Crippen LogP contribution in [0.15, 0.2) is 83.4 Å². The van der Waals surface area contributed by atoms with Crippen LogP contribution in [0.5, 0.6) is 0 Å². The lowest BCUT2D eigenvalue weighted by atomic mass is 9.90.